The molecule has 6 aromatic rings. The summed E-state index contributed by atoms with van der Waals surface area (Å²) in [7, 11) is 0. The van der Waals surface area contributed by atoms with E-state index in [2.05, 4.69) is 124 Å². The van der Waals surface area contributed by atoms with E-state index in [0.29, 0.717) is 17.4 Å². The van der Waals surface area contributed by atoms with Crippen LogP contribution in [-0.4, -0.2) is 22.7 Å². The van der Waals surface area contributed by atoms with Crippen molar-refractivity contribution in [3.63, 3.8) is 0 Å². The molecular formula is C50H52N2O2PdS4. The van der Waals surface area contributed by atoms with Crippen LogP contribution < -0.4 is 9.47 Å². The fourth-order valence-electron chi connectivity index (χ4n) is 6.05. The van der Waals surface area contributed by atoms with Crippen LogP contribution in [0.1, 0.15) is 92.9 Å². The molecule has 4 aromatic carbocycles. The van der Waals surface area contributed by atoms with E-state index in [-0.39, 0.29) is 26.5 Å². The molecule has 0 saturated carbocycles. The molecule has 0 aliphatic rings. The molecule has 2 aromatic heterocycles. The molecule has 0 aliphatic carbocycles. The summed E-state index contributed by atoms with van der Waals surface area (Å²) in [5.74, 6) is 2.36. The predicted molar refractivity (Wildman–Crippen MR) is 257 cm³/mol. The average molecular weight is 948 g/mol. The molecule has 59 heavy (non-hydrogen) atoms. The molecule has 0 N–H and O–H groups in total. The SMILES string of the molecule is CCC(C)Oc1ccc(-c2ccc(OCCc3ccc(/C(S)=C(/[S-])c4ccccn4)cc3)cc2)cc1.CCCCC(C)c1ccc(/C([S-])=C(/S)c2ccccn2)cc1.[Pd+2]. The molecule has 0 saturated heterocycles. The van der Waals surface area contributed by atoms with E-state index in [0.717, 1.165) is 72.7 Å². The summed E-state index contributed by atoms with van der Waals surface area (Å²) in [6.45, 7) is 9.32. The van der Waals surface area contributed by atoms with E-state index >= 15 is 0 Å². The Kier molecular flexibility index (Phi) is 20.2. The molecule has 4 nitrogen and oxygen atoms in total. The van der Waals surface area contributed by atoms with Gasteiger partial charge in [-0.05, 0) is 113 Å². The smallest absolute Gasteiger partial charge is 0.778 e. The van der Waals surface area contributed by atoms with Crippen molar-refractivity contribution in [1.29, 1.82) is 0 Å². The maximum Gasteiger partial charge on any atom is 2.00 e. The van der Waals surface area contributed by atoms with Gasteiger partial charge in [0.1, 0.15) is 11.5 Å². The van der Waals surface area contributed by atoms with Crippen molar-refractivity contribution in [3.8, 4) is 22.6 Å². The predicted octanol–water partition coefficient (Wildman–Crippen LogP) is 13.5. The summed E-state index contributed by atoms with van der Waals surface area (Å²) < 4.78 is 11.8. The zero-order valence-electron chi connectivity index (χ0n) is 34.0. The number of unbranched alkanes of at least 4 members (excludes halogenated alkanes) is 1. The third-order valence-electron chi connectivity index (χ3n) is 9.81. The second kappa shape index (κ2) is 25.0. The van der Waals surface area contributed by atoms with Gasteiger partial charge in [-0.1, -0.05) is 119 Å². The van der Waals surface area contributed by atoms with Crippen molar-refractivity contribution in [2.45, 2.75) is 71.8 Å². The van der Waals surface area contributed by atoms with Gasteiger partial charge in [0.05, 0.1) is 18.4 Å². The summed E-state index contributed by atoms with van der Waals surface area (Å²) in [5, 5.41) is 0. The minimum atomic E-state index is 0. The van der Waals surface area contributed by atoms with Gasteiger partial charge in [-0.2, -0.15) is 4.91 Å². The van der Waals surface area contributed by atoms with Crippen molar-refractivity contribution in [2.75, 3.05) is 6.61 Å². The van der Waals surface area contributed by atoms with Crippen LogP contribution in [0.2, 0.25) is 0 Å². The van der Waals surface area contributed by atoms with Gasteiger partial charge in [-0.15, -0.1) is 30.2 Å². The van der Waals surface area contributed by atoms with Gasteiger partial charge in [0.15, 0.2) is 0 Å². The molecule has 0 aliphatic heterocycles. The van der Waals surface area contributed by atoms with Gasteiger partial charge in [-0.3, -0.25) is 9.97 Å². The zero-order chi connectivity index (χ0) is 41.3. The van der Waals surface area contributed by atoms with Gasteiger partial charge in [-0.25, -0.2) is 0 Å². The van der Waals surface area contributed by atoms with Crippen LogP contribution in [0.3, 0.4) is 0 Å². The topological polar surface area (TPSA) is 44.2 Å². The Morgan fingerprint density at radius 2 is 1.19 bits per heavy atom. The Labute approximate surface area is 387 Å². The number of hydrogen-bond donors (Lipinski definition) is 2. The number of nitrogens with zero attached hydrogens (tertiary/aromatic N) is 2. The van der Waals surface area contributed by atoms with Gasteiger partial charge in [0, 0.05) is 29.4 Å². The normalized spacial score (nSPS) is 12.7. The minimum absolute atomic E-state index is 0. The fraction of sp³-hybridized carbons (Fsp3) is 0.240. The van der Waals surface area contributed by atoms with E-state index in [1.54, 1.807) is 12.4 Å². The van der Waals surface area contributed by atoms with Crippen molar-refractivity contribution < 1.29 is 29.9 Å². The maximum absolute atomic E-state index is 5.98. The number of rotatable bonds is 16. The summed E-state index contributed by atoms with van der Waals surface area (Å²) in [4.78, 5) is 11.5. The Bertz CT molecular complexity index is 2200. The van der Waals surface area contributed by atoms with E-state index in [1.165, 1.54) is 30.4 Å². The molecule has 0 fully saturated rings. The maximum atomic E-state index is 5.98. The van der Waals surface area contributed by atoms with E-state index < -0.39 is 0 Å². The largest absolute Gasteiger partial charge is 2.00 e. The van der Waals surface area contributed by atoms with E-state index in [1.807, 2.05) is 72.8 Å². The van der Waals surface area contributed by atoms with Gasteiger partial charge < -0.3 is 34.7 Å². The van der Waals surface area contributed by atoms with Crippen molar-refractivity contribution >= 4 is 70.1 Å². The van der Waals surface area contributed by atoms with Crippen molar-refractivity contribution in [2.24, 2.45) is 0 Å². The fourth-order valence-corrected chi connectivity index (χ4v) is 7.05. The summed E-state index contributed by atoms with van der Waals surface area (Å²) >= 11 is 20.3. The number of ether oxygens (including phenoxy) is 2. The van der Waals surface area contributed by atoms with Crippen LogP contribution in [0.15, 0.2) is 146 Å². The van der Waals surface area contributed by atoms with Crippen LogP contribution in [0, 0.1) is 0 Å². The number of aromatic nitrogens is 2. The molecule has 2 unspecified atom stereocenters. The van der Waals surface area contributed by atoms with Gasteiger partial charge in [0.2, 0.25) is 0 Å². The second-order valence-corrected chi connectivity index (χ2v) is 15.8. The third kappa shape index (κ3) is 14.6. The molecule has 2 atom stereocenters. The molecule has 0 radical (unpaired) electrons. The molecule has 6 rings (SSSR count). The van der Waals surface area contributed by atoms with Crippen LogP contribution in [0.5, 0.6) is 11.5 Å². The molecule has 0 bridgehead atoms. The molecular weight excluding hydrogens is 895 g/mol. The standard InChI is InChI=1S/C31H31NO2S2.C19H23NS2.Pd/c1-3-22(2)34-28-17-13-25(14-18-28)24-11-15-27(16-12-24)33-21-19-23-7-9-26(10-8-23)30(35)31(36)29-6-4-5-20-32-29;1-3-4-7-14(2)15-9-11-16(12-10-15)18(21)19(22)17-8-5-6-13-20-17;/h4-18,20,22,35-36H,3,19,21H2,1-2H3;5-6,8-14,21-22H,3-4,7H2,1-2H3;/q;;+2/p-2/b31-30-;19-18-;. The van der Waals surface area contributed by atoms with E-state index in [9.17, 15) is 0 Å². The van der Waals surface area contributed by atoms with Crippen LogP contribution in [0.4, 0.5) is 0 Å². The molecule has 2 heterocycles. The second-order valence-electron chi connectivity index (χ2n) is 14.1. The number of thiol groups is 2. The van der Waals surface area contributed by atoms with Gasteiger partial charge in [0.25, 0.3) is 0 Å². The van der Waals surface area contributed by atoms with Crippen molar-refractivity contribution in [3.05, 3.63) is 179 Å². The Hall–Kier alpha value is -3.94. The molecule has 0 amide bonds. The molecule has 9 heteroatoms. The number of hydrogen-bond acceptors (Lipinski definition) is 8. The summed E-state index contributed by atoms with van der Waals surface area (Å²) in [6, 6.07) is 44.7. The minimum Gasteiger partial charge on any atom is -0.778 e. The van der Waals surface area contributed by atoms with Gasteiger partial charge >= 0.3 is 20.4 Å². The monoisotopic (exact) mass is 946 g/mol. The zero-order valence-corrected chi connectivity index (χ0v) is 39.0. The van der Waals surface area contributed by atoms with Crippen LogP contribution in [0.25, 0.3) is 30.7 Å². The average Bonchev–Trinajstić information content (AvgIpc) is 3.28. The number of pyridine rings is 2. The van der Waals surface area contributed by atoms with Crippen LogP contribution >= 0.6 is 25.3 Å². The van der Waals surface area contributed by atoms with Crippen molar-refractivity contribution in [1.82, 2.24) is 9.97 Å². The first-order chi connectivity index (χ1) is 28.2. The third-order valence-corrected chi connectivity index (χ3v) is 11.9. The summed E-state index contributed by atoms with van der Waals surface area (Å²) in [5.41, 5.74) is 8.45. The number of benzene rings is 4. The molecule has 0 spiro atoms. The Morgan fingerprint density at radius 1 is 0.627 bits per heavy atom. The van der Waals surface area contributed by atoms with Crippen LogP contribution in [-0.2, 0) is 52.1 Å². The Morgan fingerprint density at radius 3 is 1.73 bits per heavy atom. The first kappa shape index (κ1) is 47.7. The quantitative estimate of drug-likeness (QED) is 0.0573. The first-order valence-corrected chi connectivity index (χ1v) is 21.6. The molecule has 308 valence electrons. The first-order valence-electron chi connectivity index (χ1n) is 19.9. The van der Waals surface area contributed by atoms with E-state index in [4.69, 9.17) is 34.7 Å². The Balaban J connectivity index is 0.000000287. The summed E-state index contributed by atoms with van der Waals surface area (Å²) in [6.07, 6.45) is 9.27.